The van der Waals surface area contributed by atoms with E-state index >= 15 is 0 Å². The number of pyridine rings is 2. The summed E-state index contributed by atoms with van der Waals surface area (Å²) in [5.74, 6) is 2.86. The smallest absolute Gasteiger partial charge is 0.169 e. The molecule has 0 radical (unpaired) electrons. The van der Waals surface area contributed by atoms with Gasteiger partial charge in [-0.05, 0) is 165 Å². The molecule has 260 valence electrons. The number of halogens is 1. The molecule has 7 heteroatoms. The first-order chi connectivity index (χ1) is 23.9. The molecule has 0 unspecified atom stereocenters. The fourth-order valence-electron chi connectivity index (χ4n) is 8.39. The second-order valence-electron chi connectivity index (χ2n) is 17.0. The second kappa shape index (κ2) is 11.0. The molecule has 4 heterocycles. The van der Waals surface area contributed by atoms with E-state index in [1.807, 2.05) is 12.4 Å². The van der Waals surface area contributed by atoms with E-state index in [9.17, 15) is 0 Å². The van der Waals surface area contributed by atoms with Gasteiger partial charge >= 0.3 is 0 Å². The van der Waals surface area contributed by atoms with Gasteiger partial charge in [0.05, 0.1) is 22.2 Å². The number of benzene rings is 3. The molecule has 8 rings (SSSR count). The minimum atomic E-state index is -0.204. The first-order valence-electron chi connectivity index (χ1n) is 17.9. The minimum Gasteiger partial charge on any atom is -0.307 e. The van der Waals surface area contributed by atoms with Gasteiger partial charge in [-0.15, -0.1) is 0 Å². The highest BCUT2D eigenvalue weighted by atomic mass is 127. The van der Waals surface area contributed by atoms with Gasteiger partial charge in [0.2, 0.25) is 0 Å². The number of amidine groups is 2. The number of nitrogens with zero attached hydrogens (tertiary/aromatic N) is 6. The van der Waals surface area contributed by atoms with Crippen molar-refractivity contribution in [3.8, 4) is 33.4 Å². The Kier molecular flexibility index (Phi) is 7.30. The van der Waals surface area contributed by atoms with Crippen LogP contribution in [0.4, 0.5) is 11.6 Å². The van der Waals surface area contributed by atoms with Crippen molar-refractivity contribution in [2.75, 3.05) is 9.80 Å². The number of aromatic nitrogens is 2. The number of anilines is 2. The molecule has 0 spiro atoms. The molecule has 0 fully saturated rings. The molecule has 1 aliphatic carbocycles. The van der Waals surface area contributed by atoms with Crippen LogP contribution in [-0.2, 0) is 5.41 Å². The van der Waals surface area contributed by atoms with Crippen LogP contribution in [0.25, 0.3) is 44.2 Å². The Morgan fingerprint density at radius 1 is 0.549 bits per heavy atom. The van der Waals surface area contributed by atoms with Crippen LogP contribution >= 0.6 is 22.6 Å². The van der Waals surface area contributed by atoms with E-state index < -0.39 is 0 Å². The number of fused-ring (bicyclic) bond motifs is 5. The average molecular weight is 787 g/mol. The molecule has 3 aliphatic rings. The quantitative estimate of drug-likeness (QED) is 0.134. The Morgan fingerprint density at radius 3 is 1.69 bits per heavy atom. The van der Waals surface area contributed by atoms with Gasteiger partial charge in [0.25, 0.3) is 0 Å². The number of hydrogen-bond acceptors (Lipinski definition) is 6. The van der Waals surface area contributed by atoms with Crippen LogP contribution in [0.5, 0.6) is 0 Å². The molecular formula is C44H47IN6. The Bertz CT molecular complexity index is 2310. The fraction of sp³-hybridized carbons (Fsp3) is 0.364. The lowest BCUT2D eigenvalue weighted by Gasteiger charge is -2.40. The van der Waals surface area contributed by atoms with E-state index in [1.165, 1.54) is 44.2 Å². The summed E-state index contributed by atoms with van der Waals surface area (Å²) in [6, 6.07) is 26.9. The topological polar surface area (TPSA) is 57.0 Å². The van der Waals surface area contributed by atoms with Crippen LogP contribution in [0.1, 0.15) is 87.3 Å². The van der Waals surface area contributed by atoms with E-state index in [4.69, 9.17) is 20.0 Å². The highest BCUT2D eigenvalue weighted by Gasteiger charge is 2.50. The zero-order valence-corrected chi connectivity index (χ0v) is 33.8. The van der Waals surface area contributed by atoms with E-state index in [1.54, 1.807) is 0 Å². The lowest BCUT2D eigenvalue weighted by Crippen LogP contribution is -2.53. The van der Waals surface area contributed by atoms with Crippen LogP contribution in [0.3, 0.4) is 0 Å². The minimum absolute atomic E-state index is 0.184. The summed E-state index contributed by atoms with van der Waals surface area (Å²) in [6.07, 6.45) is 4.05. The maximum atomic E-state index is 5.05. The van der Waals surface area contributed by atoms with Crippen molar-refractivity contribution in [3.63, 3.8) is 0 Å². The van der Waals surface area contributed by atoms with Crippen molar-refractivity contribution in [2.24, 2.45) is 9.98 Å². The summed E-state index contributed by atoms with van der Waals surface area (Å²) < 4.78 is 0.974. The van der Waals surface area contributed by atoms with Crippen LogP contribution in [-0.4, -0.2) is 41.8 Å². The molecule has 0 saturated carbocycles. The first-order valence-corrected chi connectivity index (χ1v) is 19.0. The molecule has 0 atom stereocenters. The maximum absolute atomic E-state index is 5.05. The van der Waals surface area contributed by atoms with E-state index in [2.05, 4.69) is 181 Å². The lowest BCUT2D eigenvalue weighted by molar-refractivity contribution is 0.337. The molecule has 0 bridgehead atoms. The van der Waals surface area contributed by atoms with Crippen molar-refractivity contribution in [2.45, 2.75) is 104 Å². The first kappa shape index (κ1) is 34.0. The summed E-state index contributed by atoms with van der Waals surface area (Å²) >= 11 is 2.34. The van der Waals surface area contributed by atoms with Crippen LogP contribution in [0, 0.1) is 0 Å². The van der Waals surface area contributed by atoms with E-state index in [0.717, 1.165) is 32.4 Å². The lowest BCUT2D eigenvalue weighted by atomic mass is 9.80. The SMILES string of the molecule is CC1=NC(C)(C)C(C)(C)N1c1ccc(-c2cc3c(c4ccccc24)-c2ccc(-c4ccc(N5C(I)=NC(C)(C)C5(C)C)nc4)cc2C3(C)C)cn1. The van der Waals surface area contributed by atoms with Crippen molar-refractivity contribution in [1.29, 1.82) is 0 Å². The summed E-state index contributed by atoms with van der Waals surface area (Å²) in [5.41, 5.74) is 8.96. The average Bonchev–Trinajstić information content (AvgIpc) is 3.47. The van der Waals surface area contributed by atoms with Gasteiger partial charge in [-0.3, -0.25) is 14.9 Å². The third kappa shape index (κ3) is 4.79. The van der Waals surface area contributed by atoms with Gasteiger partial charge in [-0.2, -0.15) is 0 Å². The Hall–Kier alpha value is -4.11. The highest BCUT2D eigenvalue weighted by molar-refractivity contribution is 14.1. The molecule has 2 aliphatic heterocycles. The third-order valence-electron chi connectivity index (χ3n) is 12.7. The summed E-state index contributed by atoms with van der Waals surface area (Å²) in [5, 5.41) is 2.52. The van der Waals surface area contributed by atoms with Crippen molar-refractivity contribution < 1.29 is 0 Å². The fourth-order valence-corrected chi connectivity index (χ4v) is 9.85. The van der Waals surface area contributed by atoms with Crippen molar-refractivity contribution in [3.05, 3.63) is 96.3 Å². The molecule has 2 aromatic heterocycles. The number of hydrogen-bond donors (Lipinski definition) is 0. The summed E-state index contributed by atoms with van der Waals surface area (Å²) in [7, 11) is 0. The molecule has 0 amide bonds. The van der Waals surface area contributed by atoms with Gasteiger partial charge < -0.3 is 4.90 Å². The number of aliphatic imine (C=N–C) groups is 2. The molecular weight excluding hydrogens is 739 g/mol. The van der Waals surface area contributed by atoms with Crippen molar-refractivity contribution >= 4 is 54.7 Å². The third-order valence-corrected chi connectivity index (χ3v) is 13.4. The summed E-state index contributed by atoms with van der Waals surface area (Å²) in [4.78, 5) is 24.5. The molecule has 0 N–H and O–H groups in total. The van der Waals surface area contributed by atoms with Crippen LogP contribution in [0.15, 0.2) is 95.2 Å². The Labute approximate surface area is 316 Å². The predicted molar refractivity (Wildman–Crippen MR) is 224 cm³/mol. The monoisotopic (exact) mass is 786 g/mol. The molecule has 51 heavy (non-hydrogen) atoms. The van der Waals surface area contributed by atoms with Gasteiger partial charge in [0, 0.05) is 28.9 Å². The van der Waals surface area contributed by atoms with Crippen LogP contribution in [0.2, 0.25) is 0 Å². The zero-order valence-electron chi connectivity index (χ0n) is 31.6. The Balaban J connectivity index is 1.17. The maximum Gasteiger partial charge on any atom is 0.169 e. The second-order valence-corrected chi connectivity index (χ2v) is 18.0. The van der Waals surface area contributed by atoms with Gasteiger partial charge in [0.1, 0.15) is 17.5 Å². The van der Waals surface area contributed by atoms with Gasteiger partial charge in [-0.1, -0.05) is 50.2 Å². The largest absolute Gasteiger partial charge is 0.307 e. The molecule has 5 aromatic rings. The van der Waals surface area contributed by atoms with Gasteiger partial charge in [-0.25, -0.2) is 9.97 Å². The van der Waals surface area contributed by atoms with Gasteiger partial charge in [0.15, 0.2) is 3.84 Å². The zero-order chi connectivity index (χ0) is 36.5. The molecule has 6 nitrogen and oxygen atoms in total. The molecule has 3 aromatic carbocycles. The summed E-state index contributed by atoms with van der Waals surface area (Å²) in [6.45, 7) is 24.6. The predicted octanol–water partition coefficient (Wildman–Crippen LogP) is 11.2. The normalized spacial score (nSPS) is 20.3. The van der Waals surface area contributed by atoms with Crippen LogP contribution < -0.4 is 9.80 Å². The Morgan fingerprint density at radius 2 is 1.12 bits per heavy atom. The standard InChI is InChI=1S/C44H47IN6/c1-26-48-41(4,5)43(8,9)50(26)36-21-18-29(25-47-36)33-23-35-38(31-15-13-12-14-30(31)33)32-19-16-27(22-34(32)40(35,2)3)28-17-20-37(46-24-28)51-39(45)49-42(6,7)44(51,10)11/h12-25H,1-11H3. The highest BCUT2D eigenvalue weighted by Crippen LogP contribution is 2.54. The van der Waals surface area contributed by atoms with E-state index in [-0.39, 0.29) is 27.6 Å². The van der Waals surface area contributed by atoms with Crippen molar-refractivity contribution in [1.82, 2.24) is 9.97 Å². The number of rotatable bonds is 4. The molecule has 0 saturated heterocycles. The van der Waals surface area contributed by atoms with E-state index in [0.29, 0.717) is 0 Å².